The van der Waals surface area contributed by atoms with Crippen LogP contribution in [0.4, 0.5) is 13.2 Å². The van der Waals surface area contributed by atoms with Crippen LogP contribution in [0.3, 0.4) is 0 Å². The highest BCUT2D eigenvalue weighted by molar-refractivity contribution is 5.88. The Morgan fingerprint density at radius 3 is 2.59 bits per heavy atom. The molecular weight excluding hydrogens is 365 g/mol. The Balaban J connectivity index is 2.04. The highest BCUT2D eigenvalue weighted by Gasteiger charge is 2.48. The third-order valence-electron chi connectivity index (χ3n) is 4.03. The summed E-state index contributed by atoms with van der Waals surface area (Å²) in [6, 6.07) is 6.92. The molecule has 1 saturated heterocycles. The van der Waals surface area contributed by atoms with Crippen LogP contribution < -0.4 is 5.48 Å². The number of esters is 1. The highest BCUT2D eigenvalue weighted by atomic mass is 19.4. The molecule has 2 rings (SSSR count). The van der Waals surface area contributed by atoms with Crippen LogP contribution in [-0.2, 0) is 25.8 Å². The number of amides is 1. The summed E-state index contributed by atoms with van der Waals surface area (Å²) in [4.78, 5) is 29.7. The Hall–Kier alpha value is -2.39. The SMILES string of the molecule is C=CCON[C@H]1CC[C@H](C(=O)OCc2ccccc2)N(C(=O)C(F)(F)F)C1. The molecule has 1 amide bonds. The normalized spacial score (nSPS) is 20.2. The Bertz CT molecular complexity index is 652. The van der Waals surface area contributed by atoms with Crippen molar-refractivity contribution in [3.8, 4) is 0 Å². The molecule has 1 aliphatic rings. The second kappa shape index (κ2) is 9.52. The number of carbonyl (C=O) groups excluding carboxylic acids is 2. The van der Waals surface area contributed by atoms with Crippen molar-refractivity contribution in [2.45, 2.75) is 37.7 Å². The Kier molecular flexibility index (Phi) is 7.37. The van der Waals surface area contributed by atoms with E-state index in [0.29, 0.717) is 16.9 Å². The number of likely N-dealkylation sites (tertiary alicyclic amines) is 1. The van der Waals surface area contributed by atoms with Crippen LogP contribution in [0.25, 0.3) is 0 Å². The first kappa shape index (κ1) is 20.9. The molecule has 1 N–H and O–H groups in total. The lowest BCUT2D eigenvalue weighted by atomic mass is 9.98. The molecule has 9 heteroatoms. The Labute approximate surface area is 154 Å². The topological polar surface area (TPSA) is 67.9 Å². The van der Waals surface area contributed by atoms with E-state index in [-0.39, 0.29) is 26.2 Å². The van der Waals surface area contributed by atoms with E-state index < -0.39 is 30.1 Å². The number of hydrogen-bond donors (Lipinski definition) is 1. The van der Waals surface area contributed by atoms with Crippen molar-refractivity contribution >= 4 is 11.9 Å². The number of nitrogens with zero attached hydrogens (tertiary/aromatic N) is 1. The molecular formula is C18H21F3N2O4. The lowest BCUT2D eigenvalue weighted by molar-refractivity contribution is -0.193. The molecule has 1 heterocycles. The molecule has 27 heavy (non-hydrogen) atoms. The van der Waals surface area contributed by atoms with Gasteiger partial charge in [-0.3, -0.25) is 9.63 Å². The molecule has 1 aromatic rings. The predicted octanol–water partition coefficient (Wildman–Crippen LogP) is 2.36. The smallest absolute Gasteiger partial charge is 0.459 e. The van der Waals surface area contributed by atoms with Gasteiger partial charge in [0, 0.05) is 12.6 Å². The zero-order chi connectivity index (χ0) is 19.9. The van der Waals surface area contributed by atoms with E-state index in [1.54, 1.807) is 30.3 Å². The van der Waals surface area contributed by atoms with Gasteiger partial charge in [-0.1, -0.05) is 36.4 Å². The zero-order valence-electron chi connectivity index (χ0n) is 14.6. The lowest BCUT2D eigenvalue weighted by Gasteiger charge is -2.38. The summed E-state index contributed by atoms with van der Waals surface area (Å²) in [7, 11) is 0. The minimum absolute atomic E-state index is 0.0323. The van der Waals surface area contributed by atoms with Crippen LogP contribution in [0.1, 0.15) is 18.4 Å². The van der Waals surface area contributed by atoms with Crippen LogP contribution >= 0.6 is 0 Å². The van der Waals surface area contributed by atoms with Gasteiger partial charge in [0.05, 0.1) is 6.61 Å². The molecule has 2 atom stereocenters. The van der Waals surface area contributed by atoms with E-state index in [0.717, 1.165) is 0 Å². The average Bonchev–Trinajstić information content (AvgIpc) is 2.65. The van der Waals surface area contributed by atoms with Crippen molar-refractivity contribution in [1.29, 1.82) is 0 Å². The monoisotopic (exact) mass is 386 g/mol. The molecule has 1 aliphatic heterocycles. The van der Waals surface area contributed by atoms with E-state index >= 15 is 0 Å². The fourth-order valence-electron chi connectivity index (χ4n) is 2.75. The number of hydrogen-bond acceptors (Lipinski definition) is 5. The number of ether oxygens (including phenoxy) is 1. The van der Waals surface area contributed by atoms with Crippen LogP contribution in [0.5, 0.6) is 0 Å². The molecule has 148 valence electrons. The maximum absolute atomic E-state index is 12.9. The average molecular weight is 386 g/mol. The summed E-state index contributed by atoms with van der Waals surface area (Å²) in [5, 5.41) is 0. The summed E-state index contributed by atoms with van der Waals surface area (Å²) in [6.07, 6.45) is -3.23. The van der Waals surface area contributed by atoms with Crippen molar-refractivity contribution < 1.29 is 32.3 Å². The van der Waals surface area contributed by atoms with Crippen LogP contribution in [0.2, 0.25) is 0 Å². The van der Waals surface area contributed by atoms with Gasteiger partial charge in [0.2, 0.25) is 0 Å². The van der Waals surface area contributed by atoms with E-state index in [4.69, 9.17) is 9.57 Å². The third-order valence-corrected chi connectivity index (χ3v) is 4.03. The third kappa shape index (κ3) is 6.07. The van der Waals surface area contributed by atoms with Crippen molar-refractivity contribution in [3.05, 3.63) is 48.6 Å². The molecule has 6 nitrogen and oxygen atoms in total. The van der Waals surface area contributed by atoms with Gasteiger partial charge >= 0.3 is 18.1 Å². The van der Waals surface area contributed by atoms with Gasteiger partial charge in [0.1, 0.15) is 12.6 Å². The molecule has 0 bridgehead atoms. The van der Waals surface area contributed by atoms with E-state index in [9.17, 15) is 22.8 Å². The standard InChI is InChI=1S/C18H21F3N2O4/c1-2-10-27-22-14-8-9-15(23(11-14)17(25)18(19,20)21)16(24)26-12-13-6-4-3-5-7-13/h2-7,14-15,22H,1,8-12H2/t14-,15+/m0/s1. The van der Waals surface area contributed by atoms with Crippen LogP contribution in [-0.4, -0.2) is 48.2 Å². The Morgan fingerprint density at radius 2 is 1.96 bits per heavy atom. The first-order chi connectivity index (χ1) is 12.8. The molecule has 0 aliphatic carbocycles. The zero-order valence-corrected chi connectivity index (χ0v) is 14.6. The fourth-order valence-corrected chi connectivity index (χ4v) is 2.75. The van der Waals surface area contributed by atoms with Crippen molar-refractivity contribution in [2.75, 3.05) is 13.2 Å². The minimum Gasteiger partial charge on any atom is -0.459 e. The molecule has 0 saturated carbocycles. The second-order valence-corrected chi connectivity index (χ2v) is 6.06. The summed E-state index contributed by atoms with van der Waals surface area (Å²) >= 11 is 0. The molecule has 0 radical (unpaired) electrons. The second-order valence-electron chi connectivity index (χ2n) is 6.06. The van der Waals surface area contributed by atoms with Gasteiger partial charge in [0.25, 0.3) is 0 Å². The molecule has 0 unspecified atom stereocenters. The number of piperidine rings is 1. The van der Waals surface area contributed by atoms with Gasteiger partial charge in [-0.05, 0) is 18.4 Å². The predicted molar refractivity (Wildman–Crippen MR) is 90.1 cm³/mol. The molecule has 0 spiro atoms. The lowest BCUT2D eigenvalue weighted by Crippen LogP contribution is -2.58. The van der Waals surface area contributed by atoms with Crippen molar-refractivity contribution in [1.82, 2.24) is 10.4 Å². The van der Waals surface area contributed by atoms with Crippen LogP contribution in [0.15, 0.2) is 43.0 Å². The van der Waals surface area contributed by atoms with Gasteiger partial charge in [-0.25, -0.2) is 4.79 Å². The van der Waals surface area contributed by atoms with Crippen LogP contribution in [0, 0.1) is 0 Å². The number of hydroxylamine groups is 1. The number of benzene rings is 1. The Morgan fingerprint density at radius 1 is 1.26 bits per heavy atom. The minimum atomic E-state index is -5.08. The fraction of sp³-hybridized carbons (Fsp3) is 0.444. The van der Waals surface area contributed by atoms with Crippen molar-refractivity contribution in [2.24, 2.45) is 0 Å². The summed E-state index contributed by atoms with van der Waals surface area (Å²) in [5.41, 5.74) is 3.29. The maximum atomic E-state index is 12.9. The van der Waals surface area contributed by atoms with E-state index in [1.165, 1.54) is 6.08 Å². The van der Waals surface area contributed by atoms with Crippen molar-refractivity contribution in [3.63, 3.8) is 0 Å². The highest BCUT2D eigenvalue weighted by Crippen LogP contribution is 2.26. The van der Waals surface area contributed by atoms with E-state index in [2.05, 4.69) is 12.1 Å². The van der Waals surface area contributed by atoms with Gasteiger partial charge < -0.3 is 9.64 Å². The number of rotatable bonds is 7. The maximum Gasteiger partial charge on any atom is 0.471 e. The molecule has 1 fully saturated rings. The quantitative estimate of drug-likeness (QED) is 0.337. The number of halogens is 3. The van der Waals surface area contributed by atoms with E-state index in [1.807, 2.05) is 0 Å². The largest absolute Gasteiger partial charge is 0.471 e. The summed E-state index contributed by atoms with van der Waals surface area (Å²) < 4.78 is 44.0. The molecule has 0 aromatic heterocycles. The first-order valence-electron chi connectivity index (χ1n) is 8.39. The number of carbonyl (C=O) groups is 2. The summed E-state index contributed by atoms with van der Waals surface area (Å²) in [6.45, 7) is 3.23. The van der Waals surface area contributed by atoms with Gasteiger partial charge in [0.15, 0.2) is 0 Å². The molecule has 1 aromatic carbocycles. The van der Waals surface area contributed by atoms with Gasteiger partial charge in [-0.15, -0.1) is 6.58 Å². The summed E-state index contributed by atoms with van der Waals surface area (Å²) in [5.74, 6) is -2.93. The number of alkyl halides is 3. The first-order valence-corrected chi connectivity index (χ1v) is 8.39. The number of nitrogens with one attached hydrogen (secondary N) is 1. The van der Waals surface area contributed by atoms with Gasteiger partial charge in [-0.2, -0.15) is 18.7 Å².